The van der Waals surface area contributed by atoms with E-state index in [1.165, 1.54) is 0 Å². The molecular weight excluding hydrogens is 228 g/mol. The van der Waals surface area contributed by atoms with E-state index in [1.807, 2.05) is 6.92 Å². The molecule has 0 heterocycles. The van der Waals surface area contributed by atoms with Gasteiger partial charge in [0.1, 0.15) is 0 Å². The Bertz CT molecular complexity index is 348. The van der Waals surface area contributed by atoms with E-state index in [-0.39, 0.29) is 13.0 Å². The highest BCUT2D eigenvalue weighted by atomic mass is 32.2. The molecule has 2 atom stereocenters. The Morgan fingerprint density at radius 1 is 1.50 bits per heavy atom. The Morgan fingerprint density at radius 3 is 2.38 bits per heavy atom. The highest BCUT2D eigenvalue weighted by molar-refractivity contribution is 7.90. The molecule has 5 nitrogen and oxygen atoms in total. The number of nitriles is 1. The standard InChI is InChI=1S/C10H20N2O3S/c1-4-9(8-11)16(14,15)12-10(3,5-2)6-7-13/h9,12-13H,4-7H2,1-3H3. The average molecular weight is 248 g/mol. The molecule has 16 heavy (non-hydrogen) atoms. The van der Waals surface area contributed by atoms with Crippen LogP contribution in [0.5, 0.6) is 0 Å². The first-order valence-corrected chi connectivity index (χ1v) is 6.93. The van der Waals surface area contributed by atoms with Crippen LogP contribution in [0.1, 0.15) is 40.0 Å². The van der Waals surface area contributed by atoms with Crippen molar-refractivity contribution < 1.29 is 13.5 Å². The fourth-order valence-electron chi connectivity index (χ4n) is 1.34. The third-order valence-electron chi connectivity index (χ3n) is 2.72. The summed E-state index contributed by atoms with van der Waals surface area (Å²) >= 11 is 0. The number of sulfonamides is 1. The molecule has 0 saturated carbocycles. The summed E-state index contributed by atoms with van der Waals surface area (Å²) < 4.78 is 26.2. The summed E-state index contributed by atoms with van der Waals surface area (Å²) in [5, 5.41) is 16.6. The zero-order valence-corrected chi connectivity index (χ0v) is 10.8. The second kappa shape index (κ2) is 6.18. The summed E-state index contributed by atoms with van der Waals surface area (Å²) in [6, 6.07) is 1.77. The maximum absolute atomic E-state index is 11.8. The Morgan fingerprint density at radius 2 is 2.06 bits per heavy atom. The second-order valence-electron chi connectivity index (χ2n) is 4.06. The number of aliphatic hydroxyl groups is 1. The number of nitrogens with zero attached hydrogens (tertiary/aromatic N) is 1. The van der Waals surface area contributed by atoms with Crippen LogP contribution < -0.4 is 4.72 Å². The molecule has 0 spiro atoms. The van der Waals surface area contributed by atoms with Gasteiger partial charge in [-0.1, -0.05) is 13.8 Å². The van der Waals surface area contributed by atoms with Gasteiger partial charge in [0.05, 0.1) is 6.07 Å². The molecule has 0 saturated heterocycles. The van der Waals surface area contributed by atoms with Crippen LogP contribution in [0, 0.1) is 11.3 Å². The highest BCUT2D eigenvalue weighted by Gasteiger charge is 2.32. The van der Waals surface area contributed by atoms with Crippen LogP contribution >= 0.6 is 0 Å². The van der Waals surface area contributed by atoms with E-state index in [4.69, 9.17) is 10.4 Å². The molecule has 6 heteroatoms. The number of hydrogen-bond acceptors (Lipinski definition) is 4. The lowest BCUT2D eigenvalue weighted by Gasteiger charge is -2.29. The highest BCUT2D eigenvalue weighted by Crippen LogP contribution is 2.17. The number of rotatable bonds is 7. The van der Waals surface area contributed by atoms with Gasteiger partial charge in [0.2, 0.25) is 10.0 Å². The summed E-state index contributed by atoms with van der Waals surface area (Å²) in [5.41, 5.74) is -0.683. The summed E-state index contributed by atoms with van der Waals surface area (Å²) in [6.07, 6.45) is 1.16. The van der Waals surface area contributed by atoms with Gasteiger partial charge in [-0.2, -0.15) is 5.26 Å². The molecule has 0 aromatic rings. The maximum atomic E-state index is 11.8. The van der Waals surface area contributed by atoms with E-state index in [0.717, 1.165) is 0 Å². The minimum absolute atomic E-state index is 0.0871. The lowest BCUT2D eigenvalue weighted by atomic mass is 9.97. The van der Waals surface area contributed by atoms with Crippen LogP contribution in [-0.2, 0) is 10.0 Å². The van der Waals surface area contributed by atoms with Crippen LogP contribution in [0.15, 0.2) is 0 Å². The summed E-state index contributed by atoms with van der Waals surface area (Å²) in [6.45, 7) is 5.13. The number of hydrogen-bond donors (Lipinski definition) is 2. The first kappa shape index (κ1) is 15.4. The zero-order chi connectivity index (χ0) is 12.8. The normalized spacial score (nSPS) is 17.4. The Hall–Kier alpha value is -0.640. The average Bonchev–Trinajstić information content (AvgIpc) is 2.18. The molecule has 0 aromatic heterocycles. The first-order valence-electron chi connectivity index (χ1n) is 5.38. The minimum atomic E-state index is -3.64. The van der Waals surface area contributed by atoms with E-state index < -0.39 is 20.8 Å². The smallest absolute Gasteiger partial charge is 0.228 e. The minimum Gasteiger partial charge on any atom is -0.396 e. The lowest BCUT2D eigenvalue weighted by Crippen LogP contribution is -2.49. The molecule has 0 bridgehead atoms. The molecule has 0 rings (SSSR count). The van der Waals surface area contributed by atoms with Gasteiger partial charge in [-0.05, 0) is 26.2 Å². The van der Waals surface area contributed by atoms with Gasteiger partial charge in [0, 0.05) is 12.1 Å². The molecule has 0 aromatic carbocycles. The molecule has 2 unspecified atom stereocenters. The summed E-state index contributed by atoms with van der Waals surface area (Å²) in [4.78, 5) is 0. The quantitative estimate of drug-likeness (QED) is 0.696. The predicted molar refractivity (Wildman–Crippen MR) is 62.1 cm³/mol. The number of aliphatic hydroxyl groups excluding tert-OH is 1. The molecule has 94 valence electrons. The molecule has 2 N–H and O–H groups in total. The Kier molecular flexibility index (Phi) is 5.94. The van der Waals surface area contributed by atoms with Crippen molar-refractivity contribution in [2.75, 3.05) is 6.61 Å². The van der Waals surface area contributed by atoms with Crippen molar-refractivity contribution in [2.24, 2.45) is 0 Å². The van der Waals surface area contributed by atoms with Crippen LogP contribution in [0.3, 0.4) is 0 Å². The van der Waals surface area contributed by atoms with E-state index in [1.54, 1.807) is 19.9 Å². The van der Waals surface area contributed by atoms with Gasteiger partial charge in [0.15, 0.2) is 5.25 Å². The van der Waals surface area contributed by atoms with E-state index in [2.05, 4.69) is 4.72 Å². The molecule has 0 aliphatic carbocycles. The molecule has 0 fully saturated rings. The molecular formula is C10H20N2O3S. The number of nitrogens with one attached hydrogen (secondary N) is 1. The van der Waals surface area contributed by atoms with Gasteiger partial charge in [0.25, 0.3) is 0 Å². The predicted octanol–water partition coefficient (Wildman–Crippen LogP) is 0.759. The largest absolute Gasteiger partial charge is 0.396 e. The van der Waals surface area contributed by atoms with Gasteiger partial charge >= 0.3 is 0 Å². The van der Waals surface area contributed by atoms with Gasteiger partial charge in [-0.15, -0.1) is 0 Å². The monoisotopic (exact) mass is 248 g/mol. The van der Waals surface area contributed by atoms with Crippen molar-refractivity contribution >= 4 is 10.0 Å². The van der Waals surface area contributed by atoms with Crippen molar-refractivity contribution in [3.63, 3.8) is 0 Å². The fraction of sp³-hybridized carbons (Fsp3) is 0.900. The van der Waals surface area contributed by atoms with Crippen molar-refractivity contribution in [3.8, 4) is 6.07 Å². The maximum Gasteiger partial charge on any atom is 0.228 e. The zero-order valence-electron chi connectivity index (χ0n) is 10.0. The molecule has 0 aliphatic rings. The van der Waals surface area contributed by atoms with Crippen LogP contribution in [-0.4, -0.2) is 30.9 Å². The van der Waals surface area contributed by atoms with Crippen molar-refractivity contribution in [1.29, 1.82) is 5.26 Å². The van der Waals surface area contributed by atoms with Gasteiger partial charge in [-0.3, -0.25) is 0 Å². The molecule has 0 radical (unpaired) electrons. The van der Waals surface area contributed by atoms with E-state index >= 15 is 0 Å². The van der Waals surface area contributed by atoms with Crippen LogP contribution in [0.25, 0.3) is 0 Å². The first-order chi connectivity index (χ1) is 7.35. The third-order valence-corrected chi connectivity index (χ3v) is 4.69. The van der Waals surface area contributed by atoms with E-state index in [0.29, 0.717) is 12.8 Å². The third kappa shape index (κ3) is 4.08. The van der Waals surface area contributed by atoms with Gasteiger partial charge in [-0.25, -0.2) is 13.1 Å². The second-order valence-corrected chi connectivity index (χ2v) is 5.92. The Balaban J connectivity index is 4.88. The Labute approximate surface area is 97.5 Å². The lowest BCUT2D eigenvalue weighted by molar-refractivity contribution is 0.233. The van der Waals surface area contributed by atoms with Crippen molar-refractivity contribution in [3.05, 3.63) is 0 Å². The summed E-state index contributed by atoms with van der Waals surface area (Å²) in [7, 11) is -3.64. The topological polar surface area (TPSA) is 90.2 Å². The van der Waals surface area contributed by atoms with Gasteiger partial charge < -0.3 is 5.11 Å². The van der Waals surface area contributed by atoms with Crippen molar-refractivity contribution in [2.45, 2.75) is 50.8 Å². The summed E-state index contributed by atoms with van der Waals surface area (Å²) in [5.74, 6) is 0. The molecule has 0 amide bonds. The SMILES string of the molecule is CCC(C#N)S(=O)(=O)NC(C)(CC)CCO. The molecule has 0 aliphatic heterocycles. The van der Waals surface area contributed by atoms with Crippen molar-refractivity contribution in [1.82, 2.24) is 4.72 Å². The fourth-order valence-corrected chi connectivity index (χ4v) is 2.99. The van der Waals surface area contributed by atoms with Crippen LogP contribution in [0.4, 0.5) is 0 Å². The van der Waals surface area contributed by atoms with E-state index in [9.17, 15) is 8.42 Å². The van der Waals surface area contributed by atoms with Crippen LogP contribution in [0.2, 0.25) is 0 Å².